The smallest absolute Gasteiger partial charge is 0.257 e. The Morgan fingerprint density at radius 2 is 2.29 bits per heavy atom. The van der Waals surface area contributed by atoms with Gasteiger partial charge in [-0.1, -0.05) is 0 Å². The van der Waals surface area contributed by atoms with Crippen molar-refractivity contribution < 1.29 is 13.9 Å². The highest BCUT2D eigenvalue weighted by Gasteiger charge is 2.42. The third kappa shape index (κ3) is 2.65. The van der Waals surface area contributed by atoms with E-state index in [0.717, 1.165) is 12.7 Å². The fourth-order valence-electron chi connectivity index (χ4n) is 3.24. The minimum atomic E-state index is -0.570. The maximum absolute atomic E-state index is 13.7. The Balaban J connectivity index is 1.77. The summed E-state index contributed by atoms with van der Waals surface area (Å²) in [5.41, 5.74) is 0.0831. The molecule has 2 aliphatic heterocycles. The molecule has 1 amide bonds. The molecular formula is C15H20FN3O2. The van der Waals surface area contributed by atoms with Gasteiger partial charge in [0, 0.05) is 31.9 Å². The molecule has 0 unspecified atom stereocenters. The van der Waals surface area contributed by atoms with Crippen LogP contribution in [0.15, 0.2) is 18.5 Å². The van der Waals surface area contributed by atoms with Gasteiger partial charge in [-0.15, -0.1) is 0 Å². The van der Waals surface area contributed by atoms with Crippen LogP contribution in [0.2, 0.25) is 0 Å². The van der Waals surface area contributed by atoms with Crippen LogP contribution in [0.25, 0.3) is 0 Å². The summed E-state index contributed by atoms with van der Waals surface area (Å²) < 4.78 is 19.5. The van der Waals surface area contributed by atoms with E-state index >= 15 is 0 Å². The highest BCUT2D eigenvalue weighted by Crippen LogP contribution is 2.26. The number of halogens is 1. The second-order valence-electron chi connectivity index (χ2n) is 5.87. The highest BCUT2D eigenvalue weighted by atomic mass is 19.1. The predicted molar refractivity (Wildman–Crippen MR) is 75.5 cm³/mol. The third-order valence-electron chi connectivity index (χ3n) is 4.30. The number of likely N-dealkylation sites (tertiary alicyclic amines) is 1. The lowest BCUT2D eigenvalue weighted by Gasteiger charge is -2.39. The van der Waals surface area contributed by atoms with Crippen LogP contribution in [0.3, 0.4) is 0 Å². The summed E-state index contributed by atoms with van der Waals surface area (Å²) in [6.07, 6.45) is 2.54. The molecular weight excluding hydrogens is 273 g/mol. The van der Waals surface area contributed by atoms with Crippen molar-refractivity contribution in [3.05, 3.63) is 29.8 Å². The Bertz CT molecular complexity index is 537. The molecule has 0 radical (unpaired) electrons. The Labute approximate surface area is 123 Å². The minimum Gasteiger partial charge on any atom is -0.373 e. The minimum absolute atomic E-state index is 0.0231. The average Bonchev–Trinajstić information content (AvgIpc) is 2.90. The van der Waals surface area contributed by atoms with Crippen LogP contribution in [-0.2, 0) is 4.74 Å². The van der Waals surface area contributed by atoms with Crippen LogP contribution in [0.4, 0.5) is 4.39 Å². The van der Waals surface area contributed by atoms with E-state index in [1.165, 1.54) is 12.3 Å². The predicted octanol–water partition coefficient (Wildman–Crippen LogP) is 1.15. The molecule has 0 aromatic carbocycles. The lowest BCUT2D eigenvalue weighted by Crippen LogP contribution is -2.53. The first-order valence-electron chi connectivity index (χ1n) is 7.34. The number of aromatic nitrogens is 1. The van der Waals surface area contributed by atoms with Gasteiger partial charge in [0.25, 0.3) is 5.91 Å². The number of ether oxygens (including phenoxy) is 1. The Kier molecular flexibility index (Phi) is 3.91. The van der Waals surface area contributed by atoms with Crippen molar-refractivity contribution in [3.8, 4) is 0 Å². The molecule has 0 spiro atoms. The van der Waals surface area contributed by atoms with Gasteiger partial charge in [0.2, 0.25) is 0 Å². The maximum atomic E-state index is 13.7. The van der Waals surface area contributed by atoms with Crippen molar-refractivity contribution in [1.82, 2.24) is 14.8 Å². The Morgan fingerprint density at radius 1 is 1.48 bits per heavy atom. The molecule has 5 nitrogen and oxygen atoms in total. The molecule has 2 atom stereocenters. The van der Waals surface area contributed by atoms with Gasteiger partial charge in [0.05, 0.1) is 30.5 Å². The van der Waals surface area contributed by atoms with Crippen LogP contribution in [0.1, 0.15) is 24.2 Å². The quantitative estimate of drug-likeness (QED) is 0.821. The van der Waals surface area contributed by atoms with Crippen LogP contribution < -0.4 is 0 Å². The largest absolute Gasteiger partial charge is 0.373 e. The monoisotopic (exact) mass is 293 g/mol. The Morgan fingerprint density at radius 3 is 3.00 bits per heavy atom. The first-order valence-corrected chi connectivity index (χ1v) is 7.34. The molecule has 0 bridgehead atoms. The van der Waals surface area contributed by atoms with E-state index in [0.29, 0.717) is 25.7 Å². The van der Waals surface area contributed by atoms with E-state index in [4.69, 9.17) is 4.74 Å². The summed E-state index contributed by atoms with van der Waals surface area (Å²) in [6.45, 7) is 6.97. The fourth-order valence-corrected chi connectivity index (χ4v) is 3.24. The molecule has 0 saturated carbocycles. The zero-order valence-electron chi connectivity index (χ0n) is 12.3. The summed E-state index contributed by atoms with van der Waals surface area (Å²) in [4.78, 5) is 20.2. The maximum Gasteiger partial charge on any atom is 0.257 e. The van der Waals surface area contributed by atoms with Gasteiger partial charge in [-0.3, -0.25) is 14.7 Å². The van der Waals surface area contributed by atoms with Crippen molar-refractivity contribution in [2.24, 2.45) is 0 Å². The zero-order valence-corrected chi connectivity index (χ0v) is 12.3. The van der Waals surface area contributed by atoms with E-state index in [-0.39, 0.29) is 23.6 Å². The van der Waals surface area contributed by atoms with Gasteiger partial charge in [-0.25, -0.2) is 4.39 Å². The van der Waals surface area contributed by atoms with Crippen molar-refractivity contribution in [3.63, 3.8) is 0 Å². The standard InChI is InChI=1S/C15H20FN3O2/c1-10(2)19-5-6-21-14-9-18(8-13(14)19)15(20)11-3-4-17-7-12(11)16/h3-4,7,10,13-14H,5-6,8-9H2,1-2H3/t13-,14+/m1/s1. The van der Waals surface area contributed by atoms with Crippen molar-refractivity contribution in [2.75, 3.05) is 26.2 Å². The molecule has 0 N–H and O–H groups in total. The molecule has 3 rings (SSSR count). The number of nitrogens with zero attached hydrogens (tertiary/aromatic N) is 3. The molecule has 2 saturated heterocycles. The van der Waals surface area contributed by atoms with E-state index in [9.17, 15) is 9.18 Å². The number of amides is 1. The van der Waals surface area contributed by atoms with E-state index < -0.39 is 5.82 Å². The van der Waals surface area contributed by atoms with Gasteiger partial charge < -0.3 is 9.64 Å². The molecule has 3 heterocycles. The zero-order chi connectivity index (χ0) is 15.0. The number of morpholine rings is 1. The number of fused-ring (bicyclic) bond motifs is 1. The van der Waals surface area contributed by atoms with Crippen molar-refractivity contribution >= 4 is 5.91 Å². The second kappa shape index (κ2) is 5.69. The van der Waals surface area contributed by atoms with Gasteiger partial charge in [-0.05, 0) is 19.9 Å². The van der Waals surface area contributed by atoms with Gasteiger partial charge in [0.15, 0.2) is 5.82 Å². The van der Waals surface area contributed by atoms with E-state index in [1.54, 1.807) is 4.90 Å². The first-order chi connectivity index (χ1) is 10.1. The number of rotatable bonds is 2. The van der Waals surface area contributed by atoms with Crippen LogP contribution in [0, 0.1) is 5.82 Å². The first kappa shape index (κ1) is 14.4. The molecule has 0 aliphatic carbocycles. The number of hydrogen-bond donors (Lipinski definition) is 0. The van der Waals surface area contributed by atoms with Crippen molar-refractivity contribution in [1.29, 1.82) is 0 Å². The number of carbonyl (C=O) groups is 1. The summed E-state index contributed by atoms with van der Waals surface area (Å²) >= 11 is 0. The molecule has 1 aromatic heterocycles. The summed E-state index contributed by atoms with van der Waals surface area (Å²) in [5, 5.41) is 0. The summed E-state index contributed by atoms with van der Waals surface area (Å²) in [5.74, 6) is -0.851. The van der Waals surface area contributed by atoms with E-state index in [1.807, 2.05) is 0 Å². The molecule has 114 valence electrons. The highest BCUT2D eigenvalue weighted by molar-refractivity contribution is 5.94. The SMILES string of the molecule is CC(C)N1CCO[C@H]2CN(C(=O)c3ccncc3F)C[C@H]21. The van der Waals surface area contributed by atoms with Crippen LogP contribution in [-0.4, -0.2) is 65.1 Å². The number of hydrogen-bond acceptors (Lipinski definition) is 4. The lowest BCUT2D eigenvalue weighted by molar-refractivity contribution is -0.0582. The van der Waals surface area contributed by atoms with Gasteiger partial charge in [-0.2, -0.15) is 0 Å². The molecule has 1 aromatic rings. The third-order valence-corrected chi connectivity index (χ3v) is 4.30. The number of carbonyl (C=O) groups excluding carboxylic acids is 1. The van der Waals surface area contributed by atoms with Gasteiger partial charge >= 0.3 is 0 Å². The van der Waals surface area contributed by atoms with E-state index in [2.05, 4.69) is 23.7 Å². The fraction of sp³-hybridized carbons (Fsp3) is 0.600. The van der Waals surface area contributed by atoms with Crippen LogP contribution >= 0.6 is 0 Å². The molecule has 2 fully saturated rings. The topological polar surface area (TPSA) is 45.7 Å². The molecule has 21 heavy (non-hydrogen) atoms. The lowest BCUT2D eigenvalue weighted by atomic mass is 10.1. The number of pyridine rings is 1. The van der Waals surface area contributed by atoms with Crippen LogP contribution in [0.5, 0.6) is 0 Å². The molecule has 6 heteroatoms. The Hall–Kier alpha value is -1.53. The summed E-state index contributed by atoms with van der Waals surface area (Å²) in [6, 6.07) is 2.04. The second-order valence-corrected chi connectivity index (χ2v) is 5.87. The van der Waals surface area contributed by atoms with Gasteiger partial charge in [0.1, 0.15) is 0 Å². The average molecular weight is 293 g/mol. The van der Waals surface area contributed by atoms with Crippen molar-refractivity contribution in [2.45, 2.75) is 32.0 Å². The summed E-state index contributed by atoms with van der Waals surface area (Å²) in [7, 11) is 0. The molecule has 2 aliphatic rings. The normalized spacial score (nSPS) is 26.2.